The topological polar surface area (TPSA) is 105 Å². The van der Waals surface area contributed by atoms with Gasteiger partial charge in [-0.05, 0) is 51.3 Å². The lowest BCUT2D eigenvalue weighted by atomic mass is 10.1. The van der Waals surface area contributed by atoms with Crippen LogP contribution in [0.4, 0.5) is 5.69 Å². The smallest absolute Gasteiger partial charge is 0.272 e. The Labute approximate surface area is 164 Å². The first-order chi connectivity index (χ1) is 12.5. The fourth-order valence-electron chi connectivity index (χ4n) is 3.71. The molecule has 0 saturated carbocycles. The SMILES string of the molecule is Cc1cc(C(=O)N2CCCC2C(=O)NCC2CCCN2)ccc1[N+](=O)[O-].Cl. The molecule has 2 amide bonds. The van der Waals surface area contributed by atoms with E-state index in [9.17, 15) is 19.7 Å². The van der Waals surface area contributed by atoms with Crippen LogP contribution in [0, 0.1) is 17.0 Å². The lowest BCUT2D eigenvalue weighted by Gasteiger charge is -2.25. The van der Waals surface area contributed by atoms with Crippen molar-refractivity contribution in [3.05, 3.63) is 39.4 Å². The highest BCUT2D eigenvalue weighted by atomic mass is 35.5. The summed E-state index contributed by atoms with van der Waals surface area (Å²) in [7, 11) is 0. The molecule has 2 fully saturated rings. The van der Waals surface area contributed by atoms with Crippen LogP contribution in [0.15, 0.2) is 18.2 Å². The van der Waals surface area contributed by atoms with Gasteiger partial charge in [-0.1, -0.05) is 0 Å². The quantitative estimate of drug-likeness (QED) is 0.583. The number of hydrogen-bond donors (Lipinski definition) is 2. The van der Waals surface area contributed by atoms with Crippen molar-refractivity contribution in [2.75, 3.05) is 19.6 Å². The van der Waals surface area contributed by atoms with Gasteiger partial charge in [-0.25, -0.2) is 0 Å². The molecule has 9 heteroatoms. The van der Waals surface area contributed by atoms with Crippen molar-refractivity contribution >= 4 is 29.9 Å². The first-order valence-corrected chi connectivity index (χ1v) is 9.04. The van der Waals surface area contributed by atoms with E-state index in [0.717, 1.165) is 25.8 Å². The number of aryl methyl sites for hydroxylation is 1. The average molecular weight is 397 g/mol. The second-order valence-electron chi connectivity index (χ2n) is 6.95. The molecular formula is C18H25ClN4O4. The van der Waals surface area contributed by atoms with Crippen molar-refractivity contribution in [2.24, 2.45) is 0 Å². The van der Waals surface area contributed by atoms with E-state index in [1.165, 1.54) is 18.2 Å². The summed E-state index contributed by atoms with van der Waals surface area (Å²) in [5.74, 6) is -0.372. The van der Waals surface area contributed by atoms with Crippen LogP contribution in [0.25, 0.3) is 0 Å². The number of rotatable bonds is 5. The largest absolute Gasteiger partial charge is 0.353 e. The molecule has 2 N–H and O–H groups in total. The highest BCUT2D eigenvalue weighted by Gasteiger charge is 2.35. The number of carbonyl (C=O) groups is 2. The van der Waals surface area contributed by atoms with E-state index in [1.54, 1.807) is 11.8 Å². The van der Waals surface area contributed by atoms with Crippen LogP contribution >= 0.6 is 12.4 Å². The molecule has 1 aromatic rings. The summed E-state index contributed by atoms with van der Waals surface area (Å²) in [4.78, 5) is 37.4. The normalized spacial score (nSPS) is 21.6. The number of carbonyl (C=O) groups excluding carboxylic acids is 2. The van der Waals surface area contributed by atoms with E-state index in [2.05, 4.69) is 10.6 Å². The predicted octanol–water partition coefficient (Wildman–Crippen LogP) is 1.80. The number of nitrogens with zero attached hydrogens (tertiary/aromatic N) is 2. The van der Waals surface area contributed by atoms with Crippen molar-refractivity contribution in [1.82, 2.24) is 15.5 Å². The molecule has 2 atom stereocenters. The first kappa shape index (κ1) is 21.1. The number of nitrogens with one attached hydrogen (secondary N) is 2. The van der Waals surface area contributed by atoms with Crippen LogP contribution in [0.1, 0.15) is 41.6 Å². The first-order valence-electron chi connectivity index (χ1n) is 9.04. The minimum Gasteiger partial charge on any atom is -0.353 e. The molecule has 2 aliphatic rings. The van der Waals surface area contributed by atoms with Crippen molar-refractivity contribution in [2.45, 2.75) is 44.7 Å². The molecule has 2 unspecified atom stereocenters. The summed E-state index contributed by atoms with van der Waals surface area (Å²) in [6.07, 6.45) is 3.59. The second kappa shape index (κ2) is 9.14. The Bertz CT molecular complexity index is 721. The zero-order chi connectivity index (χ0) is 18.7. The Balaban J connectivity index is 0.00000261. The van der Waals surface area contributed by atoms with Crippen molar-refractivity contribution in [3.63, 3.8) is 0 Å². The van der Waals surface area contributed by atoms with Gasteiger partial charge in [0.2, 0.25) is 5.91 Å². The number of halogens is 1. The monoisotopic (exact) mass is 396 g/mol. The standard InChI is InChI=1S/C18H24N4O4.ClH/c1-12-10-13(6-7-15(12)22(25)26)18(24)21-9-3-5-16(21)17(23)20-11-14-4-2-8-19-14;/h6-7,10,14,16,19H,2-5,8-9,11H2,1H3,(H,20,23);1H. The average Bonchev–Trinajstić information content (AvgIpc) is 3.30. The van der Waals surface area contributed by atoms with Crippen molar-refractivity contribution in [3.8, 4) is 0 Å². The van der Waals surface area contributed by atoms with Gasteiger partial charge in [0.25, 0.3) is 11.6 Å². The number of nitro groups is 1. The lowest BCUT2D eigenvalue weighted by molar-refractivity contribution is -0.385. The molecule has 0 radical (unpaired) electrons. The fraction of sp³-hybridized carbons (Fsp3) is 0.556. The highest BCUT2D eigenvalue weighted by Crippen LogP contribution is 2.24. The summed E-state index contributed by atoms with van der Waals surface area (Å²) in [6.45, 7) is 3.69. The maximum absolute atomic E-state index is 12.8. The van der Waals surface area contributed by atoms with E-state index in [0.29, 0.717) is 36.7 Å². The third-order valence-electron chi connectivity index (χ3n) is 5.14. The van der Waals surface area contributed by atoms with Gasteiger partial charge in [-0.3, -0.25) is 19.7 Å². The molecule has 2 saturated heterocycles. The van der Waals surface area contributed by atoms with Gasteiger partial charge >= 0.3 is 0 Å². The summed E-state index contributed by atoms with van der Waals surface area (Å²) in [5.41, 5.74) is 0.806. The third-order valence-corrected chi connectivity index (χ3v) is 5.14. The van der Waals surface area contributed by atoms with Crippen molar-refractivity contribution < 1.29 is 14.5 Å². The molecule has 0 bridgehead atoms. The summed E-state index contributed by atoms with van der Waals surface area (Å²) >= 11 is 0. The molecule has 148 valence electrons. The third kappa shape index (κ3) is 4.75. The zero-order valence-electron chi connectivity index (χ0n) is 15.3. The summed E-state index contributed by atoms with van der Waals surface area (Å²) in [6, 6.07) is 4.17. The van der Waals surface area contributed by atoms with Gasteiger partial charge in [0, 0.05) is 36.3 Å². The van der Waals surface area contributed by atoms with Gasteiger partial charge in [0.1, 0.15) is 6.04 Å². The molecule has 3 rings (SSSR count). The maximum Gasteiger partial charge on any atom is 0.272 e. The Hall–Kier alpha value is -2.19. The Morgan fingerprint density at radius 2 is 2.11 bits per heavy atom. The van der Waals surface area contributed by atoms with Gasteiger partial charge in [-0.15, -0.1) is 12.4 Å². The van der Waals surface area contributed by atoms with Gasteiger partial charge < -0.3 is 15.5 Å². The molecule has 0 spiro atoms. The summed E-state index contributed by atoms with van der Waals surface area (Å²) in [5, 5.41) is 17.2. The molecule has 8 nitrogen and oxygen atoms in total. The minimum absolute atomic E-state index is 0. The Morgan fingerprint density at radius 1 is 1.33 bits per heavy atom. The van der Waals surface area contributed by atoms with Crippen LogP contribution in [-0.2, 0) is 4.79 Å². The number of amides is 2. The van der Waals surface area contributed by atoms with Gasteiger partial charge in [0.05, 0.1) is 4.92 Å². The molecule has 1 aromatic carbocycles. The van der Waals surface area contributed by atoms with E-state index in [4.69, 9.17) is 0 Å². The number of nitro benzene ring substituents is 1. The lowest BCUT2D eigenvalue weighted by Crippen LogP contribution is -2.48. The van der Waals surface area contributed by atoms with E-state index < -0.39 is 11.0 Å². The van der Waals surface area contributed by atoms with E-state index in [1.807, 2.05) is 0 Å². The molecule has 0 aliphatic carbocycles. The maximum atomic E-state index is 12.8. The molecule has 0 aromatic heterocycles. The van der Waals surface area contributed by atoms with E-state index in [-0.39, 0.29) is 29.9 Å². The summed E-state index contributed by atoms with van der Waals surface area (Å²) < 4.78 is 0. The van der Waals surface area contributed by atoms with Gasteiger partial charge in [0.15, 0.2) is 0 Å². The highest BCUT2D eigenvalue weighted by molar-refractivity contribution is 5.98. The number of hydrogen-bond acceptors (Lipinski definition) is 5. The van der Waals surface area contributed by atoms with Crippen LogP contribution < -0.4 is 10.6 Å². The zero-order valence-corrected chi connectivity index (χ0v) is 16.1. The van der Waals surface area contributed by atoms with Gasteiger partial charge in [-0.2, -0.15) is 0 Å². The second-order valence-corrected chi connectivity index (χ2v) is 6.95. The van der Waals surface area contributed by atoms with Crippen LogP contribution in [-0.4, -0.2) is 53.4 Å². The Morgan fingerprint density at radius 3 is 2.74 bits per heavy atom. The van der Waals surface area contributed by atoms with Crippen LogP contribution in [0.2, 0.25) is 0 Å². The molecule has 2 aliphatic heterocycles. The fourth-order valence-corrected chi connectivity index (χ4v) is 3.71. The predicted molar refractivity (Wildman–Crippen MR) is 103 cm³/mol. The number of benzene rings is 1. The molecular weight excluding hydrogens is 372 g/mol. The molecule has 2 heterocycles. The van der Waals surface area contributed by atoms with Crippen molar-refractivity contribution in [1.29, 1.82) is 0 Å². The van der Waals surface area contributed by atoms with Crippen LogP contribution in [0.3, 0.4) is 0 Å². The van der Waals surface area contributed by atoms with Crippen LogP contribution in [0.5, 0.6) is 0 Å². The Kier molecular flexibility index (Phi) is 7.15. The van der Waals surface area contributed by atoms with E-state index >= 15 is 0 Å². The minimum atomic E-state index is -0.473. The molecule has 27 heavy (non-hydrogen) atoms. The number of likely N-dealkylation sites (tertiary alicyclic amines) is 1.